The van der Waals surface area contributed by atoms with Crippen LogP contribution in [0.5, 0.6) is 5.75 Å². The Hall–Kier alpha value is -2.61. The molecule has 1 saturated heterocycles. The van der Waals surface area contributed by atoms with Crippen molar-refractivity contribution < 1.29 is 28.6 Å². The predicted octanol–water partition coefficient (Wildman–Crippen LogP) is 2.16. The lowest BCUT2D eigenvalue weighted by atomic mass is 9.85. The van der Waals surface area contributed by atoms with E-state index < -0.39 is 23.5 Å². The van der Waals surface area contributed by atoms with E-state index in [9.17, 15) is 14.4 Å². The summed E-state index contributed by atoms with van der Waals surface area (Å²) in [4.78, 5) is 40.5. The number of hydrogen-bond donors (Lipinski definition) is 1. The summed E-state index contributed by atoms with van der Waals surface area (Å²) in [5, 5.41) is 2.88. The van der Waals surface area contributed by atoms with Crippen LogP contribution in [0.2, 0.25) is 0 Å². The molecule has 0 saturated carbocycles. The Balaban J connectivity index is 1.93. The highest BCUT2D eigenvalue weighted by Crippen LogP contribution is 2.28. The van der Waals surface area contributed by atoms with Gasteiger partial charge in [-0.15, -0.1) is 0 Å². The van der Waals surface area contributed by atoms with Crippen molar-refractivity contribution in [1.29, 1.82) is 0 Å². The summed E-state index contributed by atoms with van der Waals surface area (Å²) in [5.41, 5.74) is -0.162. The average molecular weight is 433 g/mol. The lowest BCUT2D eigenvalue weighted by Crippen LogP contribution is -2.57. The van der Waals surface area contributed by atoms with Gasteiger partial charge in [-0.25, -0.2) is 4.79 Å². The molecule has 2 heterocycles. The summed E-state index contributed by atoms with van der Waals surface area (Å²) in [6.07, 6.45) is 1.70. The summed E-state index contributed by atoms with van der Waals surface area (Å²) in [5.74, 6) is -0.555. The van der Waals surface area contributed by atoms with E-state index in [0.717, 1.165) is 12.8 Å². The maximum absolute atomic E-state index is 13.6. The van der Waals surface area contributed by atoms with E-state index in [2.05, 4.69) is 5.32 Å². The third-order valence-corrected chi connectivity index (χ3v) is 5.66. The van der Waals surface area contributed by atoms with Crippen molar-refractivity contribution in [2.45, 2.75) is 58.2 Å². The zero-order valence-corrected chi connectivity index (χ0v) is 18.7. The molecule has 3 atom stereocenters. The van der Waals surface area contributed by atoms with Crippen molar-refractivity contribution in [3.8, 4) is 5.75 Å². The normalized spacial score (nSPS) is 25.5. The lowest BCUT2D eigenvalue weighted by molar-refractivity contribution is -0.152. The van der Waals surface area contributed by atoms with Crippen molar-refractivity contribution in [2.24, 2.45) is 5.41 Å². The zero-order valence-electron chi connectivity index (χ0n) is 18.7. The van der Waals surface area contributed by atoms with Crippen molar-refractivity contribution in [2.75, 3.05) is 26.9 Å². The molecular weight excluding hydrogens is 400 g/mol. The summed E-state index contributed by atoms with van der Waals surface area (Å²) in [6.45, 7) is 6.95. The van der Waals surface area contributed by atoms with Crippen LogP contribution in [-0.4, -0.2) is 67.7 Å². The number of benzene rings is 1. The van der Waals surface area contributed by atoms with Gasteiger partial charge >= 0.3 is 5.97 Å². The van der Waals surface area contributed by atoms with Crippen LogP contribution < -0.4 is 10.1 Å². The van der Waals surface area contributed by atoms with Gasteiger partial charge in [-0.3, -0.25) is 9.59 Å². The minimum atomic E-state index is -0.830. The maximum atomic E-state index is 13.6. The van der Waals surface area contributed by atoms with E-state index >= 15 is 0 Å². The molecule has 2 amide bonds. The molecule has 8 nitrogen and oxygen atoms in total. The van der Waals surface area contributed by atoms with Gasteiger partial charge in [-0.2, -0.15) is 0 Å². The Morgan fingerprint density at radius 3 is 2.65 bits per heavy atom. The van der Waals surface area contributed by atoms with E-state index in [0.29, 0.717) is 30.9 Å². The summed E-state index contributed by atoms with van der Waals surface area (Å²) < 4.78 is 16.6. The van der Waals surface area contributed by atoms with E-state index in [-0.39, 0.29) is 24.5 Å². The van der Waals surface area contributed by atoms with Gasteiger partial charge < -0.3 is 24.4 Å². The number of nitrogens with one attached hydrogen (secondary N) is 1. The molecule has 4 bridgehead atoms. The smallest absolute Gasteiger partial charge is 0.328 e. The van der Waals surface area contributed by atoms with Crippen LogP contribution in [-0.2, 0) is 19.1 Å². The largest absolute Gasteiger partial charge is 0.494 e. The number of carbonyl (C=O) groups is 3. The number of fused-ring (bicyclic) bond motifs is 4. The minimum Gasteiger partial charge on any atom is -0.494 e. The first kappa shape index (κ1) is 23.1. The third-order valence-electron chi connectivity index (χ3n) is 5.66. The monoisotopic (exact) mass is 432 g/mol. The minimum absolute atomic E-state index is 0.258. The summed E-state index contributed by atoms with van der Waals surface area (Å²) in [7, 11) is 1.31. The molecule has 0 aliphatic carbocycles. The summed E-state index contributed by atoms with van der Waals surface area (Å²) >= 11 is 0. The Bertz CT molecular complexity index is 819. The Morgan fingerprint density at radius 1 is 1.19 bits per heavy atom. The van der Waals surface area contributed by atoms with Gasteiger partial charge in [-0.1, -0.05) is 26.8 Å². The topological polar surface area (TPSA) is 94.2 Å². The second-order valence-electron chi connectivity index (χ2n) is 9.11. The second-order valence-corrected chi connectivity index (χ2v) is 9.11. The van der Waals surface area contributed by atoms with Crippen molar-refractivity contribution in [1.82, 2.24) is 10.2 Å². The number of amides is 2. The SMILES string of the molecule is COC(=O)[C@@H]1C[C@@H]2CN1C(=O)[C@H](C(C)(C)C)NC(=O)c1cccc(c1)OCCCCO2. The third kappa shape index (κ3) is 5.55. The maximum Gasteiger partial charge on any atom is 0.328 e. The van der Waals surface area contributed by atoms with Crippen LogP contribution in [0.4, 0.5) is 0 Å². The number of methoxy groups -OCH3 is 1. The molecule has 0 aromatic heterocycles. The number of esters is 1. The lowest BCUT2D eigenvalue weighted by Gasteiger charge is -2.35. The van der Waals surface area contributed by atoms with Gasteiger partial charge in [-0.05, 0) is 36.5 Å². The molecular formula is C23H32N2O6. The van der Waals surface area contributed by atoms with Gasteiger partial charge in [0.15, 0.2) is 0 Å². The highest BCUT2D eigenvalue weighted by atomic mass is 16.5. The van der Waals surface area contributed by atoms with Crippen LogP contribution in [0.1, 0.15) is 50.4 Å². The first-order chi connectivity index (χ1) is 14.7. The van der Waals surface area contributed by atoms with Gasteiger partial charge in [0, 0.05) is 25.1 Å². The Labute approximate surface area is 183 Å². The highest BCUT2D eigenvalue weighted by molar-refractivity contribution is 5.98. The number of nitrogens with zero attached hydrogens (tertiary/aromatic N) is 1. The van der Waals surface area contributed by atoms with Gasteiger partial charge in [0.05, 0.1) is 19.8 Å². The molecule has 1 N–H and O–H groups in total. The standard InChI is InChI=1S/C23H32N2O6/c1-23(2,3)19-21(27)25-14-17(13-18(25)22(28)29-4)31-11-6-5-10-30-16-9-7-8-15(12-16)20(26)24-19/h7-9,12,17-19H,5-6,10-11,13-14H2,1-4H3,(H,24,26)/t17-,18+,19-/m1/s1. The molecule has 170 valence electrons. The van der Waals surface area contributed by atoms with Crippen molar-refractivity contribution in [3.05, 3.63) is 29.8 Å². The Morgan fingerprint density at radius 2 is 1.94 bits per heavy atom. The van der Waals surface area contributed by atoms with Crippen LogP contribution >= 0.6 is 0 Å². The number of carbonyl (C=O) groups excluding carboxylic acids is 3. The molecule has 2 aliphatic rings. The fourth-order valence-corrected chi connectivity index (χ4v) is 3.92. The molecule has 1 aromatic rings. The number of hydrogen-bond acceptors (Lipinski definition) is 6. The molecule has 1 fully saturated rings. The molecule has 8 heteroatoms. The first-order valence-electron chi connectivity index (χ1n) is 10.7. The van der Waals surface area contributed by atoms with E-state index in [1.165, 1.54) is 12.0 Å². The molecule has 0 unspecified atom stereocenters. The predicted molar refractivity (Wildman–Crippen MR) is 114 cm³/mol. The fourth-order valence-electron chi connectivity index (χ4n) is 3.92. The molecule has 0 radical (unpaired) electrons. The Kier molecular flexibility index (Phi) is 7.20. The molecule has 0 spiro atoms. The first-order valence-corrected chi connectivity index (χ1v) is 10.7. The molecule has 31 heavy (non-hydrogen) atoms. The number of ether oxygens (including phenoxy) is 3. The van der Waals surface area contributed by atoms with E-state index in [1.807, 2.05) is 20.8 Å². The highest BCUT2D eigenvalue weighted by Gasteiger charge is 2.45. The van der Waals surface area contributed by atoms with E-state index in [1.54, 1.807) is 24.3 Å². The van der Waals surface area contributed by atoms with Gasteiger partial charge in [0.1, 0.15) is 17.8 Å². The summed E-state index contributed by atoms with van der Waals surface area (Å²) in [6, 6.07) is 5.35. The van der Waals surface area contributed by atoms with Gasteiger partial charge in [0.25, 0.3) is 5.91 Å². The molecule has 2 aliphatic heterocycles. The van der Waals surface area contributed by atoms with E-state index in [4.69, 9.17) is 14.2 Å². The van der Waals surface area contributed by atoms with Crippen molar-refractivity contribution in [3.63, 3.8) is 0 Å². The quantitative estimate of drug-likeness (QED) is 0.684. The van der Waals surface area contributed by atoms with Gasteiger partial charge in [0.2, 0.25) is 5.91 Å². The number of rotatable bonds is 1. The molecule has 3 rings (SSSR count). The van der Waals surface area contributed by atoms with Crippen LogP contribution in [0.3, 0.4) is 0 Å². The molecule has 1 aromatic carbocycles. The second kappa shape index (κ2) is 9.68. The fraction of sp³-hybridized carbons (Fsp3) is 0.609. The van der Waals surface area contributed by atoms with Crippen LogP contribution in [0, 0.1) is 5.41 Å². The van der Waals surface area contributed by atoms with Crippen LogP contribution in [0.15, 0.2) is 24.3 Å². The zero-order chi connectivity index (χ0) is 22.6. The van der Waals surface area contributed by atoms with Crippen LogP contribution in [0.25, 0.3) is 0 Å². The van der Waals surface area contributed by atoms with Crippen molar-refractivity contribution >= 4 is 17.8 Å². The average Bonchev–Trinajstić information content (AvgIpc) is 3.16.